The van der Waals surface area contributed by atoms with Crippen LogP contribution in [0, 0.1) is 5.82 Å². The lowest BCUT2D eigenvalue weighted by Gasteiger charge is -2.15. The van der Waals surface area contributed by atoms with E-state index in [9.17, 15) is 14.0 Å². The first-order valence-corrected chi connectivity index (χ1v) is 7.84. The zero-order chi connectivity index (χ0) is 18.4. The van der Waals surface area contributed by atoms with Crippen LogP contribution < -0.4 is 10.1 Å². The van der Waals surface area contributed by atoms with E-state index in [4.69, 9.17) is 21.1 Å². The minimum Gasteiger partial charge on any atom is -0.497 e. The summed E-state index contributed by atoms with van der Waals surface area (Å²) in [5, 5.41) is 2.53. The van der Waals surface area contributed by atoms with Gasteiger partial charge in [-0.05, 0) is 42.8 Å². The topological polar surface area (TPSA) is 64.6 Å². The van der Waals surface area contributed by atoms with E-state index in [0.717, 1.165) is 17.7 Å². The van der Waals surface area contributed by atoms with Crippen LogP contribution in [0.1, 0.15) is 28.9 Å². The normalized spacial score (nSPS) is 11.5. The summed E-state index contributed by atoms with van der Waals surface area (Å²) in [6.45, 7) is 1.34. The largest absolute Gasteiger partial charge is 0.497 e. The van der Waals surface area contributed by atoms with Gasteiger partial charge in [-0.15, -0.1) is 0 Å². The zero-order valence-corrected chi connectivity index (χ0v) is 14.5. The third kappa shape index (κ3) is 5.19. The highest BCUT2D eigenvalue weighted by molar-refractivity contribution is 6.31. The molecule has 0 radical (unpaired) electrons. The maximum absolute atomic E-state index is 13.1. The predicted octanol–water partition coefficient (Wildman–Crippen LogP) is 3.52. The molecule has 2 aromatic rings. The van der Waals surface area contributed by atoms with E-state index >= 15 is 0 Å². The summed E-state index contributed by atoms with van der Waals surface area (Å²) in [6, 6.07) is 10.4. The van der Waals surface area contributed by atoms with Gasteiger partial charge in [0.15, 0.2) is 6.61 Å². The average molecular weight is 366 g/mol. The van der Waals surface area contributed by atoms with E-state index < -0.39 is 24.3 Å². The van der Waals surface area contributed by atoms with Crippen molar-refractivity contribution in [1.29, 1.82) is 0 Å². The maximum Gasteiger partial charge on any atom is 0.338 e. The minimum absolute atomic E-state index is 0.0695. The Morgan fingerprint density at radius 3 is 2.68 bits per heavy atom. The number of nitrogens with one attached hydrogen (secondary N) is 1. The van der Waals surface area contributed by atoms with Gasteiger partial charge in [-0.1, -0.05) is 23.7 Å². The van der Waals surface area contributed by atoms with Crippen LogP contribution in [0.25, 0.3) is 0 Å². The fourth-order valence-electron chi connectivity index (χ4n) is 2.11. The van der Waals surface area contributed by atoms with Crippen LogP contribution in [0.4, 0.5) is 4.39 Å². The predicted molar refractivity (Wildman–Crippen MR) is 91.2 cm³/mol. The van der Waals surface area contributed by atoms with Gasteiger partial charge in [-0.3, -0.25) is 4.79 Å². The summed E-state index contributed by atoms with van der Waals surface area (Å²) in [6.07, 6.45) is 0. The zero-order valence-electron chi connectivity index (χ0n) is 13.7. The quantitative estimate of drug-likeness (QED) is 0.795. The molecule has 0 aliphatic carbocycles. The first-order valence-electron chi connectivity index (χ1n) is 7.46. The number of hydrogen-bond donors (Lipinski definition) is 1. The minimum atomic E-state index is -0.758. The molecule has 0 saturated carbocycles. The molecule has 0 saturated heterocycles. The molecule has 7 heteroatoms. The van der Waals surface area contributed by atoms with Gasteiger partial charge in [0.2, 0.25) is 0 Å². The standard InChI is InChI=1S/C18H17ClFNO4/c1-11(12-4-3-5-14(8-12)24-2)21-17(22)10-25-18(23)13-6-7-16(20)15(19)9-13/h3-9,11H,10H2,1-2H3,(H,21,22). The van der Waals surface area contributed by atoms with Gasteiger partial charge >= 0.3 is 5.97 Å². The number of rotatable bonds is 6. The van der Waals surface area contributed by atoms with Crippen molar-refractivity contribution in [2.24, 2.45) is 0 Å². The molecule has 0 spiro atoms. The molecular formula is C18H17ClFNO4. The van der Waals surface area contributed by atoms with Crippen LogP contribution in [-0.2, 0) is 9.53 Å². The number of esters is 1. The van der Waals surface area contributed by atoms with Crippen molar-refractivity contribution in [3.05, 3.63) is 64.4 Å². The monoisotopic (exact) mass is 365 g/mol. The highest BCUT2D eigenvalue weighted by Crippen LogP contribution is 2.19. The van der Waals surface area contributed by atoms with Crippen molar-refractivity contribution in [3.63, 3.8) is 0 Å². The van der Waals surface area contributed by atoms with Crippen LogP contribution in [-0.4, -0.2) is 25.6 Å². The molecule has 0 aliphatic rings. The van der Waals surface area contributed by atoms with Crippen LogP contribution >= 0.6 is 11.6 Å². The highest BCUT2D eigenvalue weighted by Gasteiger charge is 2.14. The van der Waals surface area contributed by atoms with Crippen molar-refractivity contribution in [1.82, 2.24) is 5.32 Å². The molecule has 1 amide bonds. The number of benzene rings is 2. The molecule has 0 bridgehead atoms. The summed E-state index contributed by atoms with van der Waals surface area (Å²) in [5.74, 6) is -1.18. The lowest BCUT2D eigenvalue weighted by molar-refractivity contribution is -0.124. The number of carbonyl (C=O) groups is 2. The van der Waals surface area contributed by atoms with Crippen molar-refractivity contribution in [2.75, 3.05) is 13.7 Å². The molecule has 132 valence electrons. The van der Waals surface area contributed by atoms with Crippen LogP contribution in [0.2, 0.25) is 5.02 Å². The van der Waals surface area contributed by atoms with Gasteiger partial charge in [0.1, 0.15) is 11.6 Å². The Kier molecular flexibility index (Phi) is 6.36. The average Bonchev–Trinajstić information content (AvgIpc) is 2.62. The second-order valence-corrected chi connectivity index (χ2v) is 5.68. The van der Waals surface area contributed by atoms with E-state index in [1.807, 2.05) is 12.1 Å². The fraction of sp³-hybridized carbons (Fsp3) is 0.222. The molecule has 5 nitrogen and oxygen atoms in total. The molecule has 0 heterocycles. The van der Waals surface area contributed by atoms with Gasteiger partial charge in [0.25, 0.3) is 5.91 Å². The first-order chi connectivity index (χ1) is 11.9. The van der Waals surface area contributed by atoms with Gasteiger partial charge < -0.3 is 14.8 Å². The summed E-state index contributed by atoms with van der Waals surface area (Å²) in [5.41, 5.74) is 0.921. The molecule has 1 unspecified atom stereocenters. The van der Waals surface area contributed by atoms with E-state index in [0.29, 0.717) is 5.75 Å². The Labute approximate surface area is 149 Å². The van der Waals surface area contributed by atoms with Crippen LogP contribution in [0.3, 0.4) is 0 Å². The molecule has 2 rings (SSSR count). The summed E-state index contributed by atoms with van der Waals surface area (Å²) in [7, 11) is 1.56. The summed E-state index contributed by atoms with van der Waals surface area (Å²) in [4.78, 5) is 23.8. The number of halogens is 2. The van der Waals surface area contributed by atoms with Crippen molar-refractivity contribution >= 4 is 23.5 Å². The molecule has 25 heavy (non-hydrogen) atoms. The second-order valence-electron chi connectivity index (χ2n) is 5.27. The second kappa shape index (κ2) is 8.48. The Hall–Kier alpha value is -2.60. The van der Waals surface area contributed by atoms with E-state index in [2.05, 4.69) is 5.32 Å². The molecule has 0 aromatic heterocycles. The van der Waals surface area contributed by atoms with Crippen molar-refractivity contribution in [3.8, 4) is 5.75 Å². The number of carbonyl (C=O) groups excluding carboxylic acids is 2. The molecule has 0 fully saturated rings. The third-order valence-electron chi connectivity index (χ3n) is 3.46. The number of hydrogen-bond acceptors (Lipinski definition) is 4. The van der Waals surface area contributed by atoms with E-state index in [1.165, 1.54) is 6.07 Å². The van der Waals surface area contributed by atoms with E-state index in [-0.39, 0.29) is 16.6 Å². The molecule has 0 aliphatic heterocycles. The van der Waals surface area contributed by atoms with Crippen molar-refractivity contribution < 1.29 is 23.5 Å². The maximum atomic E-state index is 13.1. The van der Waals surface area contributed by atoms with Gasteiger partial charge in [0, 0.05) is 0 Å². The smallest absolute Gasteiger partial charge is 0.338 e. The lowest BCUT2D eigenvalue weighted by Crippen LogP contribution is -2.31. The fourth-order valence-corrected chi connectivity index (χ4v) is 2.30. The molecule has 2 aromatic carbocycles. The van der Waals surface area contributed by atoms with Crippen molar-refractivity contribution in [2.45, 2.75) is 13.0 Å². The summed E-state index contributed by atoms with van der Waals surface area (Å²) < 4.78 is 23.1. The molecule has 1 N–H and O–H groups in total. The Morgan fingerprint density at radius 1 is 1.24 bits per heavy atom. The molecular weight excluding hydrogens is 349 g/mol. The number of methoxy groups -OCH3 is 1. The van der Waals surface area contributed by atoms with Crippen LogP contribution in [0.5, 0.6) is 5.75 Å². The molecule has 1 atom stereocenters. The Balaban J connectivity index is 1.89. The highest BCUT2D eigenvalue weighted by atomic mass is 35.5. The number of ether oxygens (including phenoxy) is 2. The van der Waals surface area contributed by atoms with Gasteiger partial charge in [-0.25, -0.2) is 9.18 Å². The summed E-state index contributed by atoms with van der Waals surface area (Å²) >= 11 is 5.61. The SMILES string of the molecule is COc1cccc(C(C)NC(=O)COC(=O)c2ccc(F)c(Cl)c2)c1. The first kappa shape index (κ1) is 18.7. The number of amides is 1. The van der Waals surface area contributed by atoms with Gasteiger partial charge in [-0.2, -0.15) is 0 Å². The third-order valence-corrected chi connectivity index (χ3v) is 3.75. The van der Waals surface area contributed by atoms with Crippen LogP contribution in [0.15, 0.2) is 42.5 Å². The Bertz CT molecular complexity index is 781. The van der Waals surface area contributed by atoms with Gasteiger partial charge in [0.05, 0.1) is 23.7 Å². The lowest BCUT2D eigenvalue weighted by atomic mass is 10.1. The van der Waals surface area contributed by atoms with E-state index in [1.54, 1.807) is 26.2 Å². The Morgan fingerprint density at radius 2 is 2.00 bits per heavy atom.